The van der Waals surface area contributed by atoms with E-state index < -0.39 is 0 Å². The number of nitrogen functional groups attached to an aromatic ring is 1. The molecule has 0 radical (unpaired) electrons. The summed E-state index contributed by atoms with van der Waals surface area (Å²) in [5, 5.41) is 4.67. The van der Waals surface area contributed by atoms with Gasteiger partial charge in [0.1, 0.15) is 0 Å². The van der Waals surface area contributed by atoms with E-state index in [1.807, 2.05) is 18.2 Å². The van der Waals surface area contributed by atoms with Crippen LogP contribution in [-0.4, -0.2) is 11.0 Å². The van der Waals surface area contributed by atoms with Crippen molar-refractivity contribution in [3.8, 4) is 0 Å². The summed E-state index contributed by atoms with van der Waals surface area (Å²) in [6, 6.07) is 8.66. The van der Waals surface area contributed by atoms with Gasteiger partial charge in [-0.25, -0.2) is 0 Å². The molecule has 1 aromatic heterocycles. The molecule has 1 aliphatic carbocycles. The number of pyridine rings is 1. The number of hydrogen-bond acceptors (Lipinski definition) is 3. The smallest absolute Gasteiger partial charge is 0.0724 e. The van der Waals surface area contributed by atoms with Crippen LogP contribution in [0.4, 0.5) is 11.4 Å². The molecule has 0 aliphatic heterocycles. The molecule has 0 saturated heterocycles. The zero-order chi connectivity index (χ0) is 13.1. The fourth-order valence-electron chi connectivity index (χ4n) is 2.94. The van der Waals surface area contributed by atoms with Crippen LogP contribution in [0.15, 0.2) is 30.5 Å². The summed E-state index contributed by atoms with van der Waals surface area (Å²) >= 11 is 0. The zero-order valence-corrected chi connectivity index (χ0v) is 11.2. The standard InChI is InChI=1S/C16H21N3/c17-16-13-8-5-11-18-14(13)9-10-15(16)19-12-6-3-1-2-4-7-12/h5,8-12,19H,1-4,6-7,17H2. The highest BCUT2D eigenvalue weighted by Gasteiger charge is 2.13. The zero-order valence-electron chi connectivity index (χ0n) is 11.2. The van der Waals surface area contributed by atoms with Crippen molar-refractivity contribution in [2.45, 2.75) is 44.6 Å². The van der Waals surface area contributed by atoms with E-state index in [-0.39, 0.29) is 0 Å². The molecule has 3 N–H and O–H groups in total. The average Bonchev–Trinajstić information content (AvgIpc) is 2.71. The maximum Gasteiger partial charge on any atom is 0.0724 e. The predicted molar refractivity (Wildman–Crippen MR) is 81.3 cm³/mol. The van der Waals surface area contributed by atoms with E-state index in [2.05, 4.69) is 16.4 Å². The maximum absolute atomic E-state index is 6.27. The van der Waals surface area contributed by atoms with E-state index in [1.165, 1.54) is 38.5 Å². The van der Waals surface area contributed by atoms with E-state index in [0.717, 1.165) is 22.3 Å². The molecule has 1 aliphatic rings. The molecule has 1 aromatic carbocycles. The fraction of sp³-hybridized carbons (Fsp3) is 0.438. The van der Waals surface area contributed by atoms with Gasteiger partial charge in [0.2, 0.25) is 0 Å². The third-order valence-electron chi connectivity index (χ3n) is 4.04. The first-order valence-corrected chi connectivity index (χ1v) is 7.24. The van der Waals surface area contributed by atoms with Gasteiger partial charge in [-0.15, -0.1) is 0 Å². The first kappa shape index (κ1) is 12.3. The summed E-state index contributed by atoms with van der Waals surface area (Å²) < 4.78 is 0. The normalized spacial score (nSPS) is 17.3. The van der Waals surface area contributed by atoms with Gasteiger partial charge in [-0.2, -0.15) is 0 Å². The molecule has 3 nitrogen and oxygen atoms in total. The lowest BCUT2D eigenvalue weighted by atomic mass is 10.1. The lowest BCUT2D eigenvalue weighted by Gasteiger charge is -2.19. The summed E-state index contributed by atoms with van der Waals surface area (Å²) in [6.45, 7) is 0. The van der Waals surface area contributed by atoms with Crippen molar-refractivity contribution in [2.75, 3.05) is 11.1 Å². The molecule has 0 spiro atoms. The molecular weight excluding hydrogens is 234 g/mol. The minimum Gasteiger partial charge on any atom is -0.397 e. The number of fused-ring (bicyclic) bond motifs is 1. The second-order valence-corrected chi connectivity index (χ2v) is 5.43. The molecule has 1 heterocycles. The second-order valence-electron chi connectivity index (χ2n) is 5.43. The molecule has 0 amide bonds. The predicted octanol–water partition coefficient (Wildman–Crippen LogP) is 3.95. The van der Waals surface area contributed by atoms with Gasteiger partial charge in [-0.1, -0.05) is 25.7 Å². The van der Waals surface area contributed by atoms with Crippen molar-refractivity contribution in [1.29, 1.82) is 0 Å². The Hall–Kier alpha value is -1.77. The van der Waals surface area contributed by atoms with Crippen molar-refractivity contribution in [2.24, 2.45) is 0 Å². The van der Waals surface area contributed by atoms with E-state index in [0.29, 0.717) is 6.04 Å². The van der Waals surface area contributed by atoms with Crippen LogP contribution in [0.1, 0.15) is 38.5 Å². The molecular formula is C16H21N3. The largest absolute Gasteiger partial charge is 0.397 e. The molecule has 1 saturated carbocycles. The van der Waals surface area contributed by atoms with Crippen molar-refractivity contribution in [3.05, 3.63) is 30.5 Å². The van der Waals surface area contributed by atoms with Gasteiger partial charge in [0, 0.05) is 17.6 Å². The summed E-state index contributed by atoms with van der Waals surface area (Å²) in [5.74, 6) is 0. The van der Waals surface area contributed by atoms with Gasteiger partial charge in [-0.3, -0.25) is 4.98 Å². The molecule has 3 rings (SSSR count). The first-order chi connectivity index (χ1) is 9.34. The highest BCUT2D eigenvalue weighted by atomic mass is 14.9. The van der Waals surface area contributed by atoms with Crippen LogP contribution in [0.25, 0.3) is 10.9 Å². The Balaban J connectivity index is 1.86. The van der Waals surface area contributed by atoms with Crippen LogP contribution in [-0.2, 0) is 0 Å². The van der Waals surface area contributed by atoms with Crippen LogP contribution in [0.2, 0.25) is 0 Å². The summed E-state index contributed by atoms with van der Waals surface area (Å²) in [7, 11) is 0. The van der Waals surface area contributed by atoms with E-state index in [4.69, 9.17) is 5.73 Å². The van der Waals surface area contributed by atoms with Crippen LogP contribution in [0, 0.1) is 0 Å². The SMILES string of the molecule is Nc1c(NC2CCCCCC2)ccc2ncccc12. The number of hydrogen-bond donors (Lipinski definition) is 2. The number of nitrogens with two attached hydrogens (primary N) is 1. The van der Waals surface area contributed by atoms with Crippen LogP contribution < -0.4 is 11.1 Å². The van der Waals surface area contributed by atoms with E-state index in [1.54, 1.807) is 6.20 Å². The van der Waals surface area contributed by atoms with Gasteiger partial charge >= 0.3 is 0 Å². The van der Waals surface area contributed by atoms with E-state index in [9.17, 15) is 0 Å². The van der Waals surface area contributed by atoms with Crippen LogP contribution >= 0.6 is 0 Å². The monoisotopic (exact) mass is 255 g/mol. The molecule has 3 heteroatoms. The topological polar surface area (TPSA) is 50.9 Å². The van der Waals surface area contributed by atoms with Crippen molar-refractivity contribution in [3.63, 3.8) is 0 Å². The molecule has 0 bridgehead atoms. The Morgan fingerprint density at radius 1 is 1.05 bits per heavy atom. The minimum absolute atomic E-state index is 0.568. The number of benzene rings is 1. The Morgan fingerprint density at radius 2 is 1.84 bits per heavy atom. The lowest BCUT2D eigenvalue weighted by Crippen LogP contribution is -2.19. The fourth-order valence-corrected chi connectivity index (χ4v) is 2.94. The number of nitrogens with one attached hydrogen (secondary N) is 1. The van der Waals surface area contributed by atoms with Crippen molar-refractivity contribution < 1.29 is 0 Å². The molecule has 0 unspecified atom stereocenters. The Kier molecular flexibility index (Phi) is 3.53. The number of aromatic nitrogens is 1. The van der Waals surface area contributed by atoms with Gasteiger partial charge < -0.3 is 11.1 Å². The maximum atomic E-state index is 6.27. The third-order valence-corrected chi connectivity index (χ3v) is 4.04. The third kappa shape index (κ3) is 2.65. The molecule has 19 heavy (non-hydrogen) atoms. The second kappa shape index (κ2) is 5.47. The minimum atomic E-state index is 0.568. The Bertz CT molecular complexity index is 557. The van der Waals surface area contributed by atoms with E-state index >= 15 is 0 Å². The van der Waals surface area contributed by atoms with Gasteiger partial charge in [0.05, 0.1) is 16.9 Å². The first-order valence-electron chi connectivity index (χ1n) is 7.24. The summed E-state index contributed by atoms with van der Waals surface area (Å²) in [4.78, 5) is 4.34. The number of rotatable bonds is 2. The molecule has 100 valence electrons. The quantitative estimate of drug-likeness (QED) is 0.631. The Morgan fingerprint density at radius 3 is 2.63 bits per heavy atom. The highest BCUT2D eigenvalue weighted by molar-refractivity contribution is 5.96. The molecule has 0 atom stereocenters. The van der Waals surface area contributed by atoms with Crippen molar-refractivity contribution >= 4 is 22.3 Å². The average molecular weight is 255 g/mol. The number of anilines is 2. The molecule has 1 fully saturated rings. The molecule has 2 aromatic rings. The Labute approximate surface area is 114 Å². The number of nitrogens with zero attached hydrogens (tertiary/aromatic N) is 1. The van der Waals surface area contributed by atoms with Crippen LogP contribution in [0.5, 0.6) is 0 Å². The summed E-state index contributed by atoms with van der Waals surface area (Å²) in [6.07, 6.45) is 9.71. The van der Waals surface area contributed by atoms with Gasteiger partial charge in [-0.05, 0) is 37.1 Å². The lowest BCUT2D eigenvalue weighted by molar-refractivity contribution is 0.620. The van der Waals surface area contributed by atoms with Gasteiger partial charge in [0.25, 0.3) is 0 Å². The van der Waals surface area contributed by atoms with Gasteiger partial charge in [0.15, 0.2) is 0 Å². The highest BCUT2D eigenvalue weighted by Crippen LogP contribution is 2.29. The van der Waals surface area contributed by atoms with Crippen molar-refractivity contribution in [1.82, 2.24) is 4.98 Å². The summed E-state index contributed by atoms with van der Waals surface area (Å²) in [5.41, 5.74) is 9.13. The van der Waals surface area contributed by atoms with Crippen LogP contribution in [0.3, 0.4) is 0 Å².